The molecule has 2 aliphatic rings. The number of benzene rings is 1. The van der Waals surface area contributed by atoms with Crippen LogP contribution in [0.25, 0.3) is 16.9 Å². The summed E-state index contributed by atoms with van der Waals surface area (Å²) in [6.45, 7) is 6.44. The Labute approximate surface area is 228 Å². The Bertz CT molecular complexity index is 1370. The number of allylic oxidation sites excluding steroid dienone is 2. The maximum Gasteiger partial charge on any atom is 0.328 e. The third-order valence-electron chi connectivity index (χ3n) is 7.64. The second-order valence-electron chi connectivity index (χ2n) is 10.8. The monoisotopic (exact) mass is 534 g/mol. The molecule has 200 valence electrons. The van der Waals surface area contributed by atoms with Gasteiger partial charge in [0.15, 0.2) is 11.4 Å². The number of hydrogen-bond acceptors (Lipinski definition) is 6. The molecule has 5 rings (SSSR count). The van der Waals surface area contributed by atoms with Crippen molar-refractivity contribution in [3.8, 4) is 5.69 Å². The molecule has 0 saturated heterocycles. The first-order valence-corrected chi connectivity index (χ1v) is 14.0. The number of esters is 1. The summed E-state index contributed by atoms with van der Waals surface area (Å²) in [6.07, 6.45) is 7.69. The van der Waals surface area contributed by atoms with Gasteiger partial charge in [0.25, 0.3) is 0 Å². The van der Waals surface area contributed by atoms with Crippen molar-refractivity contribution in [3.63, 3.8) is 0 Å². The van der Waals surface area contributed by atoms with E-state index >= 15 is 0 Å². The molecule has 0 unspecified atom stereocenters. The first kappa shape index (κ1) is 26.4. The number of nitrogens with one attached hydrogen (secondary N) is 1. The molecule has 0 bridgehead atoms. The first-order chi connectivity index (χ1) is 18.3. The maximum atomic E-state index is 13.0. The minimum absolute atomic E-state index is 0.00620. The predicted molar refractivity (Wildman–Crippen MR) is 148 cm³/mol. The average molecular weight is 535 g/mol. The van der Waals surface area contributed by atoms with Crippen LogP contribution in [0.15, 0.2) is 53.3 Å². The van der Waals surface area contributed by atoms with Crippen LogP contribution in [0.1, 0.15) is 64.3 Å². The number of aromatic nitrogens is 3. The molecule has 38 heavy (non-hydrogen) atoms. The number of pyridine rings is 1. The van der Waals surface area contributed by atoms with Gasteiger partial charge in [-0.25, -0.2) is 14.8 Å². The van der Waals surface area contributed by atoms with Gasteiger partial charge < -0.3 is 10.1 Å². The standard InChI is InChI=1S/C30H35ClN4O3/c1-4-38-29(37)23(34-26-25(31)27(36)30(26)14-6-5-7-15-30)18-20-10-12-21(13-11-20)35-24(17-19(2)3)33-22-9-8-16-32-28(22)35/h8-13,16,19,23,34H,4-7,14-15,17-18H2,1-3H3/t23-/m0/s1. The van der Waals surface area contributed by atoms with Crippen LogP contribution in [-0.2, 0) is 27.2 Å². The van der Waals surface area contributed by atoms with Crippen LogP contribution < -0.4 is 5.32 Å². The predicted octanol–water partition coefficient (Wildman–Crippen LogP) is 5.67. The van der Waals surface area contributed by atoms with Crippen LogP contribution in [0.4, 0.5) is 0 Å². The number of ether oxygens (including phenoxy) is 1. The number of Topliss-reactive ketones (excluding diaryl/α,β-unsaturated/α-hetero) is 1. The van der Waals surface area contributed by atoms with Crippen molar-refractivity contribution in [1.82, 2.24) is 19.9 Å². The van der Waals surface area contributed by atoms with Gasteiger partial charge in [-0.3, -0.25) is 9.36 Å². The molecule has 1 spiro atoms. The van der Waals surface area contributed by atoms with Gasteiger partial charge in [-0.15, -0.1) is 0 Å². The molecule has 2 aliphatic carbocycles. The lowest BCUT2D eigenvalue weighted by molar-refractivity contribution is -0.146. The van der Waals surface area contributed by atoms with E-state index in [1.165, 1.54) is 0 Å². The van der Waals surface area contributed by atoms with Crippen LogP contribution in [0.2, 0.25) is 0 Å². The Morgan fingerprint density at radius 1 is 1.13 bits per heavy atom. The molecule has 1 fully saturated rings. The van der Waals surface area contributed by atoms with Crippen molar-refractivity contribution in [1.29, 1.82) is 0 Å². The van der Waals surface area contributed by atoms with Crippen LogP contribution in [0, 0.1) is 11.3 Å². The summed E-state index contributed by atoms with van der Waals surface area (Å²) in [5, 5.41) is 3.58. The highest BCUT2D eigenvalue weighted by atomic mass is 35.5. The number of hydrogen-bond donors (Lipinski definition) is 1. The van der Waals surface area contributed by atoms with Crippen molar-refractivity contribution >= 4 is 34.5 Å². The highest BCUT2D eigenvalue weighted by Gasteiger charge is 2.54. The van der Waals surface area contributed by atoms with Crippen molar-refractivity contribution in [2.45, 2.75) is 71.8 Å². The zero-order valence-corrected chi connectivity index (χ0v) is 23.1. The molecule has 1 N–H and O–H groups in total. The van der Waals surface area contributed by atoms with Gasteiger partial charge in [0, 0.05) is 30.4 Å². The molecular formula is C30H35ClN4O3. The smallest absolute Gasteiger partial charge is 0.328 e. The highest BCUT2D eigenvalue weighted by Crippen LogP contribution is 2.53. The number of carbonyl (C=O) groups excluding carboxylic acids is 2. The molecule has 2 aromatic heterocycles. The van der Waals surface area contributed by atoms with Gasteiger partial charge in [0.2, 0.25) is 0 Å². The fraction of sp³-hybridized carbons (Fsp3) is 0.467. The van der Waals surface area contributed by atoms with Crippen LogP contribution in [0.3, 0.4) is 0 Å². The first-order valence-electron chi connectivity index (χ1n) is 13.6. The number of halogens is 1. The molecule has 0 aliphatic heterocycles. The minimum Gasteiger partial charge on any atom is -0.464 e. The fourth-order valence-corrected chi connectivity index (χ4v) is 6.19. The van der Waals surface area contributed by atoms with Gasteiger partial charge in [-0.2, -0.15) is 0 Å². The van der Waals surface area contributed by atoms with Gasteiger partial charge >= 0.3 is 5.97 Å². The fourth-order valence-electron chi connectivity index (χ4n) is 5.78. The topological polar surface area (TPSA) is 86.1 Å². The molecule has 1 atom stereocenters. The van der Waals surface area contributed by atoms with Gasteiger partial charge in [0.1, 0.15) is 22.4 Å². The molecule has 8 heteroatoms. The quantitative estimate of drug-likeness (QED) is 0.356. The average Bonchev–Trinajstić information content (AvgIpc) is 3.28. The van der Waals surface area contributed by atoms with E-state index in [2.05, 4.69) is 28.7 Å². The molecule has 1 saturated carbocycles. The maximum absolute atomic E-state index is 13.0. The Kier molecular flexibility index (Phi) is 7.57. The Morgan fingerprint density at radius 3 is 2.55 bits per heavy atom. The molecule has 0 amide bonds. The van der Waals surface area contributed by atoms with E-state index in [0.29, 0.717) is 18.0 Å². The molecule has 3 aromatic rings. The van der Waals surface area contributed by atoms with Crippen LogP contribution >= 0.6 is 11.6 Å². The summed E-state index contributed by atoms with van der Waals surface area (Å²) in [4.78, 5) is 35.2. The summed E-state index contributed by atoms with van der Waals surface area (Å²) in [5.74, 6) is 1.09. The van der Waals surface area contributed by atoms with Crippen molar-refractivity contribution in [2.24, 2.45) is 11.3 Å². The van der Waals surface area contributed by atoms with Crippen LogP contribution in [0.5, 0.6) is 0 Å². The number of fused-ring (bicyclic) bond motifs is 1. The third kappa shape index (κ3) is 4.84. The van der Waals surface area contributed by atoms with Crippen molar-refractivity contribution < 1.29 is 14.3 Å². The number of ketones is 1. The number of imidazole rings is 1. The lowest BCUT2D eigenvalue weighted by Gasteiger charge is -2.46. The normalized spacial score (nSPS) is 17.7. The molecule has 0 radical (unpaired) electrons. The summed E-state index contributed by atoms with van der Waals surface area (Å²) < 4.78 is 7.50. The van der Waals surface area contributed by atoms with E-state index in [1.807, 2.05) is 36.4 Å². The minimum atomic E-state index is -0.635. The van der Waals surface area contributed by atoms with Crippen LogP contribution in [-0.4, -0.2) is 38.9 Å². The summed E-state index contributed by atoms with van der Waals surface area (Å²) in [7, 11) is 0. The zero-order valence-electron chi connectivity index (χ0n) is 22.3. The number of carbonyl (C=O) groups is 2. The van der Waals surface area contributed by atoms with E-state index in [4.69, 9.17) is 21.3 Å². The Balaban J connectivity index is 1.41. The molecular weight excluding hydrogens is 500 g/mol. The molecule has 7 nitrogen and oxygen atoms in total. The summed E-state index contributed by atoms with van der Waals surface area (Å²) >= 11 is 6.39. The number of rotatable bonds is 9. The summed E-state index contributed by atoms with van der Waals surface area (Å²) in [6, 6.07) is 11.4. The Morgan fingerprint density at radius 2 is 1.87 bits per heavy atom. The largest absolute Gasteiger partial charge is 0.464 e. The van der Waals surface area contributed by atoms with Gasteiger partial charge in [-0.05, 0) is 55.5 Å². The van der Waals surface area contributed by atoms with E-state index in [1.54, 1.807) is 13.1 Å². The highest BCUT2D eigenvalue weighted by molar-refractivity contribution is 6.47. The SMILES string of the molecule is CCOC(=O)[C@H](Cc1ccc(-n2c(CC(C)C)nc3cccnc32)cc1)NC1=C(Cl)C(=O)C12CCCCC2. The van der Waals surface area contributed by atoms with E-state index in [9.17, 15) is 9.59 Å². The second kappa shape index (κ2) is 10.9. The second-order valence-corrected chi connectivity index (χ2v) is 11.2. The van der Waals surface area contributed by atoms with E-state index in [0.717, 1.165) is 66.8 Å². The van der Waals surface area contributed by atoms with Crippen molar-refractivity contribution in [2.75, 3.05) is 6.61 Å². The van der Waals surface area contributed by atoms with Gasteiger partial charge in [-0.1, -0.05) is 56.8 Å². The zero-order chi connectivity index (χ0) is 26.9. The Hall–Kier alpha value is -3.19. The molecule has 1 aromatic carbocycles. The third-order valence-corrected chi connectivity index (χ3v) is 8.00. The van der Waals surface area contributed by atoms with Crippen molar-refractivity contribution in [3.05, 3.63) is 64.7 Å². The van der Waals surface area contributed by atoms with E-state index in [-0.39, 0.29) is 23.4 Å². The summed E-state index contributed by atoms with van der Waals surface area (Å²) in [5.41, 5.74) is 3.80. The van der Waals surface area contributed by atoms with Gasteiger partial charge in [0.05, 0.1) is 12.0 Å². The number of nitrogens with zero attached hydrogens (tertiary/aromatic N) is 3. The van der Waals surface area contributed by atoms with E-state index < -0.39 is 11.5 Å². The lowest BCUT2D eigenvalue weighted by Crippen LogP contribution is -2.53. The molecule has 2 heterocycles. The lowest BCUT2D eigenvalue weighted by atomic mass is 9.62.